The molecule has 1 aromatic heterocycles. The normalized spacial score (nSPS) is 11.2. The number of hydrogen-bond donors (Lipinski definition) is 1. The molecule has 6 heteroatoms. The Labute approximate surface area is 187 Å². The predicted octanol–water partition coefficient (Wildman–Crippen LogP) is 5.71. The molecule has 0 saturated carbocycles. The second-order valence-corrected chi connectivity index (χ2v) is 8.25. The van der Waals surface area contributed by atoms with Gasteiger partial charge in [0.25, 0.3) is 5.91 Å². The highest BCUT2D eigenvalue weighted by Gasteiger charge is 2.08. The van der Waals surface area contributed by atoms with E-state index >= 15 is 0 Å². The van der Waals surface area contributed by atoms with Gasteiger partial charge in [0.05, 0.1) is 6.21 Å². The van der Waals surface area contributed by atoms with Gasteiger partial charge < -0.3 is 4.57 Å². The van der Waals surface area contributed by atoms with E-state index in [9.17, 15) is 4.79 Å². The molecule has 144 valence electrons. The Morgan fingerprint density at radius 1 is 1.07 bits per heavy atom. The second-order valence-electron chi connectivity index (χ2n) is 6.57. The van der Waals surface area contributed by atoms with Crippen LogP contribution in [0.1, 0.15) is 21.5 Å². The number of nitrogens with zero attached hydrogens (tertiary/aromatic N) is 2. The van der Waals surface area contributed by atoms with Crippen LogP contribution < -0.4 is 5.43 Å². The summed E-state index contributed by atoms with van der Waals surface area (Å²) in [6, 6.07) is 23.3. The van der Waals surface area contributed by atoms with Gasteiger partial charge in [-0.3, -0.25) is 4.79 Å². The van der Waals surface area contributed by atoms with Crippen molar-refractivity contribution < 1.29 is 4.79 Å². The van der Waals surface area contributed by atoms with E-state index in [1.54, 1.807) is 18.3 Å². The van der Waals surface area contributed by atoms with Crippen LogP contribution >= 0.6 is 34.2 Å². The molecule has 0 aliphatic heterocycles. The summed E-state index contributed by atoms with van der Waals surface area (Å²) in [4.78, 5) is 12.2. The molecule has 3 aromatic carbocycles. The van der Waals surface area contributed by atoms with Crippen molar-refractivity contribution in [2.45, 2.75) is 6.54 Å². The lowest BCUT2D eigenvalue weighted by molar-refractivity contribution is 0.0955. The molecule has 4 nitrogen and oxygen atoms in total. The minimum absolute atomic E-state index is 0.236. The zero-order chi connectivity index (χ0) is 20.2. The Morgan fingerprint density at radius 3 is 2.66 bits per heavy atom. The Balaban J connectivity index is 1.56. The van der Waals surface area contributed by atoms with Crippen LogP contribution in [0.25, 0.3) is 10.9 Å². The zero-order valence-corrected chi connectivity index (χ0v) is 18.3. The first-order chi connectivity index (χ1) is 14.1. The molecule has 0 spiro atoms. The number of hydrazone groups is 1. The largest absolute Gasteiger partial charge is 0.342 e. The summed E-state index contributed by atoms with van der Waals surface area (Å²) < 4.78 is 3.23. The molecule has 0 saturated heterocycles. The second kappa shape index (κ2) is 8.80. The highest BCUT2D eigenvalue weighted by molar-refractivity contribution is 14.1. The number of rotatable bonds is 5. The lowest BCUT2D eigenvalue weighted by Gasteiger charge is -2.05. The molecule has 0 aliphatic carbocycles. The van der Waals surface area contributed by atoms with Crippen molar-refractivity contribution in [2.75, 3.05) is 0 Å². The van der Waals surface area contributed by atoms with Gasteiger partial charge in [0.15, 0.2) is 0 Å². The number of nitrogens with one attached hydrogen (secondary N) is 1. The van der Waals surface area contributed by atoms with Crippen LogP contribution in [-0.2, 0) is 6.54 Å². The van der Waals surface area contributed by atoms with Crippen LogP contribution in [-0.4, -0.2) is 16.7 Å². The third-order valence-electron chi connectivity index (χ3n) is 4.54. The Hall–Kier alpha value is -2.64. The number of amides is 1. The fourth-order valence-electron chi connectivity index (χ4n) is 3.17. The molecular formula is C23H17ClIN3O. The quantitative estimate of drug-likeness (QED) is 0.207. The first-order valence-electron chi connectivity index (χ1n) is 9.01. The molecule has 1 amide bonds. The average molecular weight is 514 g/mol. The smallest absolute Gasteiger partial charge is 0.271 e. The van der Waals surface area contributed by atoms with Gasteiger partial charge in [0.1, 0.15) is 0 Å². The highest BCUT2D eigenvalue weighted by Crippen LogP contribution is 2.22. The van der Waals surface area contributed by atoms with Crippen molar-refractivity contribution in [1.29, 1.82) is 0 Å². The average Bonchev–Trinajstić information content (AvgIpc) is 3.06. The Bertz CT molecular complexity index is 1200. The number of hydrogen-bond acceptors (Lipinski definition) is 2. The third kappa shape index (κ3) is 4.68. The summed E-state index contributed by atoms with van der Waals surface area (Å²) in [7, 11) is 0. The van der Waals surface area contributed by atoms with Crippen LogP contribution in [0.3, 0.4) is 0 Å². The number of para-hydroxylation sites is 1. The van der Waals surface area contributed by atoms with Crippen LogP contribution in [0.2, 0.25) is 5.02 Å². The van der Waals surface area contributed by atoms with E-state index in [-0.39, 0.29) is 5.91 Å². The van der Waals surface area contributed by atoms with Crippen LogP contribution in [0.5, 0.6) is 0 Å². The molecule has 29 heavy (non-hydrogen) atoms. The topological polar surface area (TPSA) is 46.4 Å². The minimum Gasteiger partial charge on any atom is -0.342 e. The maximum Gasteiger partial charge on any atom is 0.271 e. The van der Waals surface area contributed by atoms with E-state index in [1.807, 2.05) is 54.7 Å². The van der Waals surface area contributed by atoms with Gasteiger partial charge >= 0.3 is 0 Å². The van der Waals surface area contributed by atoms with Crippen LogP contribution in [0.4, 0.5) is 0 Å². The van der Waals surface area contributed by atoms with Gasteiger partial charge in [-0.25, -0.2) is 5.43 Å². The van der Waals surface area contributed by atoms with Crippen LogP contribution in [0.15, 0.2) is 84.1 Å². The summed E-state index contributed by atoms with van der Waals surface area (Å²) in [6.07, 6.45) is 3.72. The van der Waals surface area contributed by atoms with E-state index in [1.165, 1.54) is 0 Å². The summed E-state index contributed by atoms with van der Waals surface area (Å²) in [5.41, 5.74) is 6.32. The number of carbonyl (C=O) groups excluding carboxylic acids is 1. The summed E-state index contributed by atoms with van der Waals surface area (Å²) in [6.45, 7) is 0.698. The highest BCUT2D eigenvalue weighted by atomic mass is 127. The van der Waals surface area contributed by atoms with E-state index in [0.29, 0.717) is 12.1 Å². The van der Waals surface area contributed by atoms with E-state index in [2.05, 4.69) is 49.8 Å². The van der Waals surface area contributed by atoms with Crippen molar-refractivity contribution in [2.24, 2.45) is 5.10 Å². The molecule has 4 rings (SSSR count). The van der Waals surface area contributed by atoms with E-state index < -0.39 is 0 Å². The Morgan fingerprint density at radius 2 is 1.86 bits per heavy atom. The first-order valence-corrected chi connectivity index (χ1v) is 10.5. The monoisotopic (exact) mass is 513 g/mol. The molecule has 0 unspecified atom stereocenters. The SMILES string of the molecule is O=C(N/N=C\c1cn(Cc2cccc(Cl)c2)c2ccccc12)c1ccc(I)cc1. The summed E-state index contributed by atoms with van der Waals surface area (Å²) >= 11 is 8.33. The maximum atomic E-state index is 12.2. The maximum absolute atomic E-state index is 12.2. The lowest BCUT2D eigenvalue weighted by atomic mass is 10.2. The number of benzene rings is 3. The summed E-state index contributed by atoms with van der Waals surface area (Å²) in [5.74, 6) is -0.236. The van der Waals surface area contributed by atoms with Gasteiger partial charge in [-0.15, -0.1) is 0 Å². The molecule has 1 heterocycles. The van der Waals surface area contributed by atoms with E-state index in [0.717, 1.165) is 30.6 Å². The van der Waals surface area contributed by atoms with Crippen molar-refractivity contribution in [1.82, 2.24) is 9.99 Å². The Kier molecular flexibility index (Phi) is 5.97. The van der Waals surface area contributed by atoms with Crippen molar-refractivity contribution in [3.8, 4) is 0 Å². The number of aromatic nitrogens is 1. The minimum atomic E-state index is -0.236. The third-order valence-corrected chi connectivity index (χ3v) is 5.49. The molecular weight excluding hydrogens is 497 g/mol. The van der Waals surface area contributed by atoms with E-state index in [4.69, 9.17) is 11.6 Å². The molecule has 4 aromatic rings. The number of halogens is 2. The molecule has 1 N–H and O–H groups in total. The van der Waals surface area contributed by atoms with Gasteiger partial charge in [-0.1, -0.05) is 41.9 Å². The fraction of sp³-hybridized carbons (Fsp3) is 0.0435. The van der Waals surface area contributed by atoms with Gasteiger partial charge in [0.2, 0.25) is 0 Å². The molecule has 0 atom stereocenters. The lowest BCUT2D eigenvalue weighted by Crippen LogP contribution is -2.17. The van der Waals surface area contributed by atoms with Gasteiger partial charge in [0, 0.05) is 43.4 Å². The van der Waals surface area contributed by atoms with Gasteiger partial charge in [-0.05, 0) is 70.6 Å². The molecule has 0 bridgehead atoms. The number of fused-ring (bicyclic) bond motifs is 1. The summed E-state index contributed by atoms with van der Waals surface area (Å²) in [5, 5.41) is 5.96. The van der Waals surface area contributed by atoms with Crippen LogP contribution in [0, 0.1) is 3.57 Å². The zero-order valence-electron chi connectivity index (χ0n) is 15.3. The number of carbonyl (C=O) groups is 1. The predicted molar refractivity (Wildman–Crippen MR) is 127 cm³/mol. The fourth-order valence-corrected chi connectivity index (χ4v) is 3.74. The molecule has 0 fully saturated rings. The van der Waals surface area contributed by atoms with Gasteiger partial charge in [-0.2, -0.15) is 5.10 Å². The standard InChI is InChI=1S/C23H17ClIN3O/c24-19-5-3-4-16(12-19)14-28-15-18(21-6-1-2-7-22(21)28)13-26-27-23(29)17-8-10-20(25)11-9-17/h1-13,15H,14H2,(H,27,29)/b26-13-. The molecule has 0 radical (unpaired) electrons. The van der Waals surface area contributed by atoms with Crippen molar-refractivity contribution in [3.63, 3.8) is 0 Å². The first kappa shape index (κ1) is 19.7. The molecule has 0 aliphatic rings. The van der Waals surface area contributed by atoms with Crippen molar-refractivity contribution in [3.05, 3.63) is 104 Å². The van der Waals surface area contributed by atoms with Crippen molar-refractivity contribution >= 4 is 57.2 Å².